The predicted molar refractivity (Wildman–Crippen MR) is 74.8 cm³/mol. The second-order valence-corrected chi connectivity index (χ2v) is 4.12. The fourth-order valence-electron chi connectivity index (χ4n) is 1.97. The molecule has 3 aromatic heterocycles. The summed E-state index contributed by atoms with van der Waals surface area (Å²) in [5.74, 6) is 1.93. The maximum absolute atomic E-state index is 5.37. The molecule has 6 nitrogen and oxygen atoms in total. The van der Waals surface area contributed by atoms with Crippen LogP contribution in [0, 0.1) is 0 Å². The Morgan fingerprint density at radius 3 is 2.90 bits per heavy atom. The third-order valence-electron chi connectivity index (χ3n) is 2.87. The molecule has 6 heteroatoms. The second kappa shape index (κ2) is 5.16. The summed E-state index contributed by atoms with van der Waals surface area (Å²) in [5.41, 5.74) is 2.31. The van der Waals surface area contributed by atoms with Gasteiger partial charge in [-0.05, 0) is 19.1 Å². The molecule has 0 bridgehead atoms. The second-order valence-electron chi connectivity index (χ2n) is 4.12. The molecule has 0 aliphatic rings. The number of ether oxygens (including phenoxy) is 2. The highest BCUT2D eigenvalue weighted by molar-refractivity contribution is 5.77. The molecule has 1 N–H and O–H groups in total. The van der Waals surface area contributed by atoms with Crippen LogP contribution in [0.15, 0.2) is 30.6 Å². The third kappa shape index (κ3) is 2.16. The van der Waals surface area contributed by atoms with E-state index in [0.717, 1.165) is 11.1 Å². The first-order chi connectivity index (χ1) is 9.81. The highest BCUT2D eigenvalue weighted by Crippen LogP contribution is 2.28. The summed E-state index contributed by atoms with van der Waals surface area (Å²) in [4.78, 5) is 16.1. The summed E-state index contributed by atoms with van der Waals surface area (Å²) >= 11 is 0. The Kier molecular flexibility index (Phi) is 3.20. The Morgan fingerprint density at radius 2 is 2.10 bits per heavy atom. The molecule has 102 valence electrons. The van der Waals surface area contributed by atoms with E-state index in [1.807, 2.05) is 25.1 Å². The Labute approximate surface area is 115 Å². The summed E-state index contributed by atoms with van der Waals surface area (Å²) in [6, 6.07) is 5.56. The zero-order valence-corrected chi connectivity index (χ0v) is 11.3. The van der Waals surface area contributed by atoms with Gasteiger partial charge in [-0.1, -0.05) is 0 Å². The standard InChI is InChI=1S/C14H14N4O2/c1-3-20-12-5-4-10-14(17-12)18-13(16-10)9-6-7-15-8-11(9)19-2/h4-8H,3H2,1-2H3,(H,16,17,18). The largest absolute Gasteiger partial charge is 0.494 e. The fourth-order valence-corrected chi connectivity index (χ4v) is 1.97. The van der Waals surface area contributed by atoms with Crippen molar-refractivity contribution in [2.75, 3.05) is 13.7 Å². The number of hydrogen-bond donors (Lipinski definition) is 1. The number of aromatic nitrogens is 4. The van der Waals surface area contributed by atoms with E-state index in [9.17, 15) is 0 Å². The lowest BCUT2D eigenvalue weighted by Crippen LogP contribution is -1.93. The Balaban J connectivity index is 2.08. The van der Waals surface area contributed by atoms with Crippen molar-refractivity contribution in [3.63, 3.8) is 0 Å². The van der Waals surface area contributed by atoms with Crippen LogP contribution in [0.2, 0.25) is 0 Å². The quantitative estimate of drug-likeness (QED) is 0.788. The van der Waals surface area contributed by atoms with Crippen LogP contribution in [0.5, 0.6) is 11.6 Å². The zero-order chi connectivity index (χ0) is 13.9. The van der Waals surface area contributed by atoms with Gasteiger partial charge in [0.05, 0.1) is 31.0 Å². The lowest BCUT2D eigenvalue weighted by atomic mass is 10.2. The lowest BCUT2D eigenvalue weighted by Gasteiger charge is -2.03. The van der Waals surface area contributed by atoms with Gasteiger partial charge in [0.1, 0.15) is 11.6 Å². The molecule has 3 rings (SSSR count). The summed E-state index contributed by atoms with van der Waals surface area (Å²) < 4.78 is 10.7. The van der Waals surface area contributed by atoms with E-state index >= 15 is 0 Å². The maximum atomic E-state index is 5.37. The molecule has 3 aromatic rings. The molecule has 0 amide bonds. The SMILES string of the molecule is CCOc1ccc2[nH]c(-c3ccncc3OC)nc2n1. The molecule has 0 fully saturated rings. The van der Waals surface area contributed by atoms with Crippen LogP contribution in [-0.2, 0) is 0 Å². The number of nitrogens with one attached hydrogen (secondary N) is 1. The van der Waals surface area contributed by atoms with Crippen molar-refractivity contribution >= 4 is 11.2 Å². The number of methoxy groups -OCH3 is 1. The first-order valence-corrected chi connectivity index (χ1v) is 6.29. The van der Waals surface area contributed by atoms with Gasteiger partial charge in [-0.3, -0.25) is 4.98 Å². The average Bonchev–Trinajstić information content (AvgIpc) is 2.90. The van der Waals surface area contributed by atoms with Crippen molar-refractivity contribution < 1.29 is 9.47 Å². The molecule has 0 aromatic carbocycles. The van der Waals surface area contributed by atoms with Gasteiger partial charge >= 0.3 is 0 Å². The molecule has 0 spiro atoms. The van der Waals surface area contributed by atoms with Gasteiger partial charge in [-0.15, -0.1) is 0 Å². The summed E-state index contributed by atoms with van der Waals surface area (Å²) in [5, 5.41) is 0. The Bertz CT molecular complexity index is 739. The summed E-state index contributed by atoms with van der Waals surface area (Å²) in [6.07, 6.45) is 3.35. The smallest absolute Gasteiger partial charge is 0.215 e. The van der Waals surface area contributed by atoms with Gasteiger partial charge in [0.15, 0.2) is 5.65 Å². The first-order valence-electron chi connectivity index (χ1n) is 6.29. The van der Waals surface area contributed by atoms with Gasteiger partial charge in [0.2, 0.25) is 5.88 Å². The summed E-state index contributed by atoms with van der Waals surface area (Å²) in [7, 11) is 1.61. The number of fused-ring (bicyclic) bond motifs is 1. The number of H-pyrrole nitrogens is 1. The fraction of sp³-hybridized carbons (Fsp3) is 0.214. The van der Waals surface area contributed by atoms with Crippen molar-refractivity contribution in [2.24, 2.45) is 0 Å². The highest BCUT2D eigenvalue weighted by Gasteiger charge is 2.11. The van der Waals surface area contributed by atoms with Gasteiger partial charge in [0.25, 0.3) is 0 Å². The van der Waals surface area contributed by atoms with Crippen LogP contribution in [0.3, 0.4) is 0 Å². The molecule has 0 unspecified atom stereocenters. The van der Waals surface area contributed by atoms with Crippen LogP contribution in [0.25, 0.3) is 22.6 Å². The molecular formula is C14H14N4O2. The number of pyridine rings is 2. The number of imidazole rings is 1. The van der Waals surface area contributed by atoms with E-state index in [1.165, 1.54) is 0 Å². The lowest BCUT2D eigenvalue weighted by molar-refractivity contribution is 0.328. The van der Waals surface area contributed by atoms with Gasteiger partial charge in [0, 0.05) is 12.3 Å². The molecule has 0 radical (unpaired) electrons. The van der Waals surface area contributed by atoms with Crippen LogP contribution in [0.4, 0.5) is 0 Å². The minimum Gasteiger partial charge on any atom is -0.494 e. The van der Waals surface area contributed by atoms with Gasteiger partial charge in [-0.2, -0.15) is 4.98 Å². The monoisotopic (exact) mass is 270 g/mol. The van der Waals surface area contributed by atoms with Crippen molar-refractivity contribution in [1.29, 1.82) is 0 Å². The van der Waals surface area contributed by atoms with E-state index in [0.29, 0.717) is 29.7 Å². The van der Waals surface area contributed by atoms with Gasteiger partial charge < -0.3 is 14.5 Å². The van der Waals surface area contributed by atoms with Crippen LogP contribution < -0.4 is 9.47 Å². The number of hydrogen-bond acceptors (Lipinski definition) is 5. The van der Waals surface area contributed by atoms with Crippen molar-refractivity contribution in [2.45, 2.75) is 6.92 Å². The molecule has 0 aliphatic carbocycles. The molecule has 0 saturated heterocycles. The van der Waals surface area contributed by atoms with Gasteiger partial charge in [-0.25, -0.2) is 4.98 Å². The van der Waals surface area contributed by atoms with Crippen molar-refractivity contribution in [3.05, 3.63) is 30.6 Å². The van der Waals surface area contributed by atoms with E-state index in [1.54, 1.807) is 19.5 Å². The molecule has 0 aliphatic heterocycles. The highest BCUT2D eigenvalue weighted by atomic mass is 16.5. The molecule has 3 heterocycles. The molecular weight excluding hydrogens is 256 g/mol. The predicted octanol–water partition coefficient (Wildman–Crippen LogP) is 2.43. The third-order valence-corrected chi connectivity index (χ3v) is 2.87. The van der Waals surface area contributed by atoms with E-state index in [4.69, 9.17) is 9.47 Å². The van der Waals surface area contributed by atoms with E-state index in [2.05, 4.69) is 19.9 Å². The Hall–Kier alpha value is -2.63. The normalized spacial score (nSPS) is 10.7. The molecule has 0 saturated carbocycles. The molecule has 0 atom stereocenters. The Morgan fingerprint density at radius 1 is 1.20 bits per heavy atom. The minimum absolute atomic E-state index is 0.569. The summed E-state index contributed by atoms with van der Waals surface area (Å²) in [6.45, 7) is 2.50. The number of rotatable bonds is 4. The minimum atomic E-state index is 0.569. The number of aromatic amines is 1. The topological polar surface area (TPSA) is 72.9 Å². The van der Waals surface area contributed by atoms with Crippen LogP contribution >= 0.6 is 0 Å². The van der Waals surface area contributed by atoms with E-state index in [-0.39, 0.29) is 0 Å². The van der Waals surface area contributed by atoms with Crippen LogP contribution in [0.1, 0.15) is 6.92 Å². The van der Waals surface area contributed by atoms with E-state index < -0.39 is 0 Å². The first kappa shape index (κ1) is 12.4. The van der Waals surface area contributed by atoms with Crippen molar-refractivity contribution in [1.82, 2.24) is 19.9 Å². The number of nitrogens with zero attached hydrogens (tertiary/aromatic N) is 3. The zero-order valence-electron chi connectivity index (χ0n) is 11.3. The van der Waals surface area contributed by atoms with Crippen LogP contribution in [-0.4, -0.2) is 33.7 Å². The maximum Gasteiger partial charge on any atom is 0.215 e. The van der Waals surface area contributed by atoms with Crippen molar-refractivity contribution in [3.8, 4) is 23.0 Å². The average molecular weight is 270 g/mol. The molecule has 20 heavy (non-hydrogen) atoms.